The summed E-state index contributed by atoms with van der Waals surface area (Å²) in [6.45, 7) is 0. The third kappa shape index (κ3) is 6.37. The van der Waals surface area contributed by atoms with E-state index in [9.17, 15) is 0 Å². The van der Waals surface area contributed by atoms with E-state index in [4.69, 9.17) is 15.0 Å². The van der Waals surface area contributed by atoms with Gasteiger partial charge in [0.25, 0.3) is 0 Å². The molecule has 0 spiro atoms. The van der Waals surface area contributed by atoms with Crippen molar-refractivity contribution in [1.29, 1.82) is 0 Å². The molecule has 0 saturated heterocycles. The first-order valence-electron chi connectivity index (χ1n) is 19.9. The number of benzene rings is 9. The number of rotatable bonds is 7. The summed E-state index contributed by atoms with van der Waals surface area (Å²) < 4.78 is 2.62. The summed E-state index contributed by atoms with van der Waals surface area (Å²) in [5, 5.41) is 5.21. The molecule has 0 fully saturated rings. The highest BCUT2D eigenvalue weighted by atomic mass is 32.1. The number of hydrogen-bond donors (Lipinski definition) is 0. The zero-order valence-electron chi connectivity index (χ0n) is 32.0. The van der Waals surface area contributed by atoms with Gasteiger partial charge in [-0.1, -0.05) is 194 Å². The highest BCUT2D eigenvalue weighted by Crippen LogP contribution is 2.43. The summed E-state index contributed by atoms with van der Waals surface area (Å²) >= 11 is 1.87. The van der Waals surface area contributed by atoms with Gasteiger partial charge in [-0.15, -0.1) is 11.3 Å². The number of thiophene rings is 1. The maximum Gasteiger partial charge on any atom is 0.164 e. The Kier molecular flexibility index (Phi) is 8.68. The molecular formula is C55H35N3S. The number of fused-ring (bicyclic) bond motifs is 5. The van der Waals surface area contributed by atoms with E-state index in [0.29, 0.717) is 17.5 Å². The van der Waals surface area contributed by atoms with Gasteiger partial charge in [0, 0.05) is 36.9 Å². The molecule has 11 rings (SSSR count). The van der Waals surface area contributed by atoms with Crippen LogP contribution >= 0.6 is 11.3 Å². The van der Waals surface area contributed by atoms with Crippen LogP contribution in [0.15, 0.2) is 212 Å². The standard InChI is InChI=1S/C55H35N3S/c1-3-16-36(17-4-1)43-25-9-11-28-47(43)54-56-53(57-55(58-54)48-29-12-10-26-44(48)37-18-5-2-6-19-37)42-24-14-22-40(35-42)39-21-13-23-41(34-39)46-30-15-31-49-51-45-27-8-7-20-38(45)32-33-50(51)59-52(46)49/h1-35H. The Balaban J connectivity index is 1.05. The predicted octanol–water partition coefficient (Wildman–Crippen LogP) is 15.1. The van der Waals surface area contributed by atoms with E-state index in [2.05, 4.69) is 200 Å². The van der Waals surface area contributed by atoms with Gasteiger partial charge in [-0.3, -0.25) is 0 Å². The van der Waals surface area contributed by atoms with Crippen LogP contribution in [0.5, 0.6) is 0 Å². The molecule has 2 heterocycles. The lowest BCUT2D eigenvalue weighted by molar-refractivity contribution is 1.07. The van der Waals surface area contributed by atoms with E-state index in [1.807, 2.05) is 23.5 Å². The van der Waals surface area contributed by atoms with Crippen LogP contribution in [0, 0.1) is 0 Å². The minimum absolute atomic E-state index is 0.621. The average Bonchev–Trinajstić information content (AvgIpc) is 3.72. The summed E-state index contributed by atoms with van der Waals surface area (Å²) in [7, 11) is 0. The lowest BCUT2D eigenvalue weighted by Gasteiger charge is -2.14. The van der Waals surface area contributed by atoms with Gasteiger partial charge in [0.2, 0.25) is 0 Å². The molecule has 276 valence electrons. The zero-order chi connectivity index (χ0) is 39.1. The molecule has 11 aromatic rings. The van der Waals surface area contributed by atoms with Gasteiger partial charge in [-0.2, -0.15) is 0 Å². The van der Waals surface area contributed by atoms with Crippen LogP contribution in [0.25, 0.3) is 110 Å². The Morgan fingerprint density at radius 2 is 0.746 bits per heavy atom. The third-order valence-corrected chi connectivity index (χ3v) is 12.4. The van der Waals surface area contributed by atoms with Gasteiger partial charge in [0.15, 0.2) is 17.5 Å². The fourth-order valence-corrected chi connectivity index (χ4v) is 9.59. The number of aromatic nitrogens is 3. The number of nitrogens with zero attached hydrogens (tertiary/aromatic N) is 3. The van der Waals surface area contributed by atoms with Crippen molar-refractivity contribution in [1.82, 2.24) is 15.0 Å². The van der Waals surface area contributed by atoms with E-state index in [0.717, 1.165) is 50.1 Å². The predicted molar refractivity (Wildman–Crippen MR) is 248 cm³/mol. The molecule has 0 aliphatic rings. The minimum Gasteiger partial charge on any atom is -0.208 e. The van der Waals surface area contributed by atoms with Gasteiger partial charge < -0.3 is 0 Å². The van der Waals surface area contributed by atoms with Gasteiger partial charge >= 0.3 is 0 Å². The Morgan fingerprint density at radius 3 is 1.41 bits per heavy atom. The van der Waals surface area contributed by atoms with Crippen molar-refractivity contribution in [2.45, 2.75) is 0 Å². The van der Waals surface area contributed by atoms with Gasteiger partial charge in [0.1, 0.15) is 0 Å². The second kappa shape index (κ2) is 14.8. The summed E-state index contributed by atoms with van der Waals surface area (Å²) in [5.41, 5.74) is 11.8. The first-order chi connectivity index (χ1) is 29.2. The van der Waals surface area contributed by atoms with E-state index >= 15 is 0 Å². The van der Waals surface area contributed by atoms with E-state index < -0.39 is 0 Å². The Labute approximate surface area is 346 Å². The summed E-state index contributed by atoms with van der Waals surface area (Å²) in [6, 6.07) is 75.0. The third-order valence-electron chi connectivity index (χ3n) is 11.2. The van der Waals surface area contributed by atoms with Crippen LogP contribution in [0.1, 0.15) is 0 Å². The van der Waals surface area contributed by atoms with Crippen molar-refractivity contribution < 1.29 is 0 Å². The lowest BCUT2D eigenvalue weighted by Crippen LogP contribution is -2.02. The Morgan fingerprint density at radius 1 is 0.288 bits per heavy atom. The SMILES string of the molecule is c1ccc(-c2ccccc2-c2nc(-c3cccc(-c4cccc(-c5cccc6c5sc5ccc7ccccc7c56)c4)c3)nc(-c3ccccc3-c3ccccc3)n2)cc1. The molecule has 59 heavy (non-hydrogen) atoms. The van der Waals surface area contributed by atoms with Crippen molar-refractivity contribution in [2.24, 2.45) is 0 Å². The summed E-state index contributed by atoms with van der Waals surface area (Å²) in [6.07, 6.45) is 0. The first-order valence-corrected chi connectivity index (χ1v) is 20.7. The molecule has 0 bridgehead atoms. The largest absolute Gasteiger partial charge is 0.208 e. The summed E-state index contributed by atoms with van der Waals surface area (Å²) in [4.78, 5) is 15.7. The van der Waals surface area contributed by atoms with Crippen molar-refractivity contribution in [3.8, 4) is 78.7 Å². The van der Waals surface area contributed by atoms with Crippen molar-refractivity contribution >= 4 is 42.3 Å². The molecule has 2 aromatic heterocycles. The molecule has 0 radical (unpaired) electrons. The second-order valence-electron chi connectivity index (χ2n) is 14.7. The molecule has 0 aliphatic heterocycles. The van der Waals surface area contributed by atoms with Crippen molar-refractivity contribution in [3.63, 3.8) is 0 Å². The van der Waals surface area contributed by atoms with E-state index in [-0.39, 0.29) is 0 Å². The average molecular weight is 770 g/mol. The Bertz CT molecular complexity index is 3230. The van der Waals surface area contributed by atoms with Gasteiger partial charge in [0.05, 0.1) is 0 Å². The van der Waals surface area contributed by atoms with Crippen LogP contribution in [0.4, 0.5) is 0 Å². The number of hydrogen-bond acceptors (Lipinski definition) is 4. The normalized spacial score (nSPS) is 11.4. The maximum absolute atomic E-state index is 5.24. The zero-order valence-corrected chi connectivity index (χ0v) is 32.8. The monoisotopic (exact) mass is 769 g/mol. The van der Waals surface area contributed by atoms with Crippen LogP contribution in [-0.2, 0) is 0 Å². The Hall–Kier alpha value is -7.53. The fraction of sp³-hybridized carbons (Fsp3) is 0. The minimum atomic E-state index is 0.621. The smallest absolute Gasteiger partial charge is 0.164 e. The van der Waals surface area contributed by atoms with Gasteiger partial charge in [-0.05, 0) is 73.5 Å². The molecule has 0 amide bonds. The molecule has 4 heteroatoms. The van der Waals surface area contributed by atoms with Crippen molar-refractivity contribution in [2.75, 3.05) is 0 Å². The molecule has 0 atom stereocenters. The highest BCUT2D eigenvalue weighted by Gasteiger charge is 2.19. The maximum atomic E-state index is 5.24. The molecule has 0 unspecified atom stereocenters. The van der Waals surface area contributed by atoms with Crippen LogP contribution in [0.3, 0.4) is 0 Å². The van der Waals surface area contributed by atoms with Gasteiger partial charge in [-0.25, -0.2) is 15.0 Å². The molecular weight excluding hydrogens is 735 g/mol. The first kappa shape index (κ1) is 34.7. The summed E-state index contributed by atoms with van der Waals surface area (Å²) in [5.74, 6) is 1.88. The van der Waals surface area contributed by atoms with Crippen molar-refractivity contribution in [3.05, 3.63) is 212 Å². The van der Waals surface area contributed by atoms with Crippen LogP contribution in [0.2, 0.25) is 0 Å². The molecule has 0 saturated carbocycles. The topological polar surface area (TPSA) is 38.7 Å². The second-order valence-corrected chi connectivity index (χ2v) is 15.8. The lowest BCUT2D eigenvalue weighted by atomic mass is 9.96. The molecule has 9 aromatic carbocycles. The van der Waals surface area contributed by atoms with E-state index in [1.165, 1.54) is 42.1 Å². The quantitative estimate of drug-likeness (QED) is 0.162. The highest BCUT2D eigenvalue weighted by molar-refractivity contribution is 7.26. The van der Waals surface area contributed by atoms with Crippen LogP contribution in [-0.4, -0.2) is 15.0 Å². The molecule has 0 aliphatic carbocycles. The van der Waals surface area contributed by atoms with Crippen LogP contribution < -0.4 is 0 Å². The molecule has 0 N–H and O–H groups in total. The van der Waals surface area contributed by atoms with E-state index in [1.54, 1.807) is 0 Å². The fourth-order valence-electron chi connectivity index (χ4n) is 8.34. The molecule has 3 nitrogen and oxygen atoms in total.